The lowest BCUT2D eigenvalue weighted by Crippen LogP contribution is -2.38. The molecule has 144 valence electrons. The van der Waals surface area contributed by atoms with Crippen LogP contribution < -0.4 is 19.7 Å². The molecule has 0 aliphatic rings. The number of hydrogen-bond acceptors (Lipinski definition) is 4. The van der Waals surface area contributed by atoms with Crippen molar-refractivity contribution in [2.24, 2.45) is 0 Å². The summed E-state index contributed by atoms with van der Waals surface area (Å²) in [6, 6.07) is 13.1. The number of carbonyl (C=O) groups is 2. The standard InChI is InChI=1S/C21H26N2O4/c1-15-5-8-18(9-6-15)23(16(2)24)12-11-22-21(25)14-17-7-10-19(26-3)20(13-17)27-4/h5-10,13H,11-12,14H2,1-4H3,(H,22,25). The fraction of sp³-hybridized carbons (Fsp3) is 0.333. The van der Waals surface area contributed by atoms with E-state index in [4.69, 9.17) is 9.47 Å². The molecule has 0 aliphatic carbocycles. The topological polar surface area (TPSA) is 67.9 Å². The Morgan fingerprint density at radius 3 is 2.26 bits per heavy atom. The Morgan fingerprint density at radius 1 is 1.00 bits per heavy atom. The number of nitrogens with one attached hydrogen (secondary N) is 1. The van der Waals surface area contributed by atoms with E-state index in [-0.39, 0.29) is 18.2 Å². The van der Waals surface area contributed by atoms with Crippen LogP contribution in [0.4, 0.5) is 5.69 Å². The molecular weight excluding hydrogens is 344 g/mol. The summed E-state index contributed by atoms with van der Waals surface area (Å²) in [5.41, 5.74) is 2.78. The Bertz CT molecular complexity index is 787. The second-order valence-electron chi connectivity index (χ2n) is 6.22. The summed E-state index contributed by atoms with van der Waals surface area (Å²) >= 11 is 0. The lowest BCUT2D eigenvalue weighted by atomic mass is 10.1. The van der Waals surface area contributed by atoms with Crippen LogP contribution in [0.25, 0.3) is 0 Å². The van der Waals surface area contributed by atoms with E-state index in [9.17, 15) is 9.59 Å². The van der Waals surface area contributed by atoms with Gasteiger partial charge in [0.15, 0.2) is 11.5 Å². The Kier molecular flexibility index (Phi) is 7.23. The minimum atomic E-state index is -0.116. The zero-order valence-corrected chi connectivity index (χ0v) is 16.2. The Hall–Kier alpha value is -3.02. The molecule has 0 spiro atoms. The maximum atomic E-state index is 12.2. The van der Waals surface area contributed by atoms with Crippen molar-refractivity contribution in [3.63, 3.8) is 0 Å². The molecule has 2 rings (SSSR count). The van der Waals surface area contributed by atoms with Gasteiger partial charge in [-0.2, -0.15) is 0 Å². The average Bonchev–Trinajstić information content (AvgIpc) is 2.65. The first-order chi connectivity index (χ1) is 12.9. The number of benzene rings is 2. The van der Waals surface area contributed by atoms with E-state index in [1.54, 1.807) is 31.3 Å². The van der Waals surface area contributed by atoms with Gasteiger partial charge in [-0.05, 0) is 36.8 Å². The molecule has 2 amide bonds. The quantitative estimate of drug-likeness (QED) is 0.776. The van der Waals surface area contributed by atoms with E-state index in [0.29, 0.717) is 24.6 Å². The lowest BCUT2D eigenvalue weighted by Gasteiger charge is -2.21. The number of anilines is 1. The molecule has 2 aromatic rings. The molecule has 0 saturated heterocycles. The molecule has 0 fully saturated rings. The van der Waals surface area contributed by atoms with E-state index in [1.807, 2.05) is 37.3 Å². The van der Waals surface area contributed by atoms with Crippen LogP contribution in [-0.2, 0) is 16.0 Å². The summed E-state index contributed by atoms with van der Waals surface area (Å²) in [7, 11) is 3.13. The van der Waals surface area contributed by atoms with Crippen molar-refractivity contribution in [2.75, 3.05) is 32.2 Å². The summed E-state index contributed by atoms with van der Waals surface area (Å²) < 4.78 is 10.5. The summed E-state index contributed by atoms with van der Waals surface area (Å²) in [6.45, 7) is 4.30. The van der Waals surface area contributed by atoms with Crippen molar-refractivity contribution in [2.45, 2.75) is 20.3 Å². The number of hydrogen-bond donors (Lipinski definition) is 1. The molecule has 0 atom stereocenters. The van der Waals surface area contributed by atoms with E-state index >= 15 is 0 Å². The third kappa shape index (κ3) is 5.74. The SMILES string of the molecule is COc1ccc(CC(=O)NCCN(C(C)=O)c2ccc(C)cc2)cc1OC. The Morgan fingerprint density at radius 2 is 1.67 bits per heavy atom. The van der Waals surface area contributed by atoms with E-state index in [0.717, 1.165) is 16.8 Å². The highest BCUT2D eigenvalue weighted by molar-refractivity contribution is 5.91. The van der Waals surface area contributed by atoms with Crippen LogP contribution in [-0.4, -0.2) is 39.1 Å². The smallest absolute Gasteiger partial charge is 0.224 e. The van der Waals surface area contributed by atoms with Gasteiger partial charge in [-0.25, -0.2) is 0 Å². The van der Waals surface area contributed by atoms with Crippen LogP contribution >= 0.6 is 0 Å². The predicted octanol–water partition coefficient (Wildman–Crippen LogP) is 2.72. The lowest BCUT2D eigenvalue weighted by molar-refractivity contribution is -0.121. The van der Waals surface area contributed by atoms with Crippen molar-refractivity contribution in [1.82, 2.24) is 5.32 Å². The van der Waals surface area contributed by atoms with Crippen LogP contribution in [0.2, 0.25) is 0 Å². The Balaban J connectivity index is 1.90. The van der Waals surface area contributed by atoms with Crippen LogP contribution in [0.3, 0.4) is 0 Å². The Labute approximate surface area is 160 Å². The molecule has 0 radical (unpaired) electrons. The van der Waals surface area contributed by atoms with Gasteiger partial charge < -0.3 is 19.7 Å². The number of ether oxygens (including phenoxy) is 2. The maximum Gasteiger partial charge on any atom is 0.224 e. The number of nitrogens with zero attached hydrogens (tertiary/aromatic N) is 1. The first kappa shape index (κ1) is 20.3. The molecule has 0 bridgehead atoms. The first-order valence-corrected chi connectivity index (χ1v) is 8.77. The second kappa shape index (κ2) is 9.62. The van der Waals surface area contributed by atoms with Gasteiger partial charge in [0.25, 0.3) is 0 Å². The molecule has 0 aromatic heterocycles. The summed E-state index contributed by atoms with van der Waals surface area (Å²) in [5.74, 6) is 1.03. The van der Waals surface area contributed by atoms with E-state index in [1.165, 1.54) is 6.92 Å². The highest BCUT2D eigenvalue weighted by Gasteiger charge is 2.12. The molecule has 6 nitrogen and oxygen atoms in total. The molecule has 6 heteroatoms. The molecule has 0 unspecified atom stereocenters. The summed E-state index contributed by atoms with van der Waals surface area (Å²) in [6.07, 6.45) is 0.227. The van der Waals surface area contributed by atoms with Gasteiger partial charge >= 0.3 is 0 Å². The molecule has 0 heterocycles. The molecule has 1 N–H and O–H groups in total. The van der Waals surface area contributed by atoms with Gasteiger partial charge in [-0.1, -0.05) is 23.8 Å². The zero-order chi connectivity index (χ0) is 19.8. The third-order valence-electron chi connectivity index (χ3n) is 4.20. The number of carbonyl (C=O) groups excluding carboxylic acids is 2. The average molecular weight is 370 g/mol. The second-order valence-corrected chi connectivity index (χ2v) is 6.22. The van der Waals surface area contributed by atoms with E-state index in [2.05, 4.69) is 5.32 Å². The van der Waals surface area contributed by atoms with Crippen LogP contribution in [0.15, 0.2) is 42.5 Å². The monoisotopic (exact) mass is 370 g/mol. The van der Waals surface area contributed by atoms with Crippen LogP contribution in [0.1, 0.15) is 18.1 Å². The van der Waals surface area contributed by atoms with Gasteiger partial charge in [0.1, 0.15) is 0 Å². The van der Waals surface area contributed by atoms with Crippen LogP contribution in [0.5, 0.6) is 11.5 Å². The third-order valence-corrected chi connectivity index (χ3v) is 4.20. The number of amides is 2. The van der Waals surface area contributed by atoms with E-state index < -0.39 is 0 Å². The molecule has 27 heavy (non-hydrogen) atoms. The minimum Gasteiger partial charge on any atom is -0.493 e. The van der Waals surface area contributed by atoms with Crippen molar-refractivity contribution in [3.8, 4) is 11.5 Å². The maximum absolute atomic E-state index is 12.2. The van der Waals surface area contributed by atoms with Crippen molar-refractivity contribution in [3.05, 3.63) is 53.6 Å². The highest BCUT2D eigenvalue weighted by atomic mass is 16.5. The van der Waals surface area contributed by atoms with Gasteiger partial charge in [-0.15, -0.1) is 0 Å². The molecular formula is C21H26N2O4. The largest absolute Gasteiger partial charge is 0.493 e. The van der Waals surface area contributed by atoms with Gasteiger partial charge in [0.05, 0.1) is 20.6 Å². The predicted molar refractivity (Wildman–Crippen MR) is 105 cm³/mol. The number of rotatable bonds is 8. The van der Waals surface area contributed by atoms with Gasteiger partial charge in [0, 0.05) is 25.7 Å². The van der Waals surface area contributed by atoms with Crippen LogP contribution in [0, 0.1) is 6.92 Å². The highest BCUT2D eigenvalue weighted by Crippen LogP contribution is 2.27. The summed E-state index contributed by atoms with van der Waals surface area (Å²) in [4.78, 5) is 25.8. The first-order valence-electron chi connectivity index (χ1n) is 8.77. The fourth-order valence-electron chi connectivity index (χ4n) is 2.74. The van der Waals surface area contributed by atoms with Crippen molar-refractivity contribution >= 4 is 17.5 Å². The molecule has 0 aliphatic heterocycles. The van der Waals surface area contributed by atoms with Crippen molar-refractivity contribution in [1.29, 1.82) is 0 Å². The zero-order valence-electron chi connectivity index (χ0n) is 16.2. The molecule has 2 aromatic carbocycles. The van der Waals surface area contributed by atoms with Gasteiger partial charge in [-0.3, -0.25) is 9.59 Å². The fourth-order valence-corrected chi connectivity index (χ4v) is 2.74. The normalized spacial score (nSPS) is 10.2. The number of methoxy groups -OCH3 is 2. The summed E-state index contributed by atoms with van der Waals surface area (Å²) in [5, 5.41) is 2.86. The van der Waals surface area contributed by atoms with Crippen molar-refractivity contribution < 1.29 is 19.1 Å². The van der Waals surface area contributed by atoms with Gasteiger partial charge in [0.2, 0.25) is 11.8 Å². The molecule has 0 saturated carbocycles. The minimum absolute atomic E-state index is 0.0620. The number of aryl methyl sites for hydroxylation is 1.